The van der Waals surface area contributed by atoms with Crippen molar-refractivity contribution in [2.24, 2.45) is 0 Å². The molecule has 2 atom stereocenters. The van der Waals surface area contributed by atoms with Gasteiger partial charge in [0.25, 0.3) is 5.91 Å². The average Bonchev–Trinajstić information content (AvgIpc) is 3.00. The van der Waals surface area contributed by atoms with Crippen LogP contribution in [0.3, 0.4) is 0 Å². The van der Waals surface area contributed by atoms with Crippen molar-refractivity contribution in [3.63, 3.8) is 0 Å². The number of carbonyl (C=O) groups is 1. The van der Waals surface area contributed by atoms with E-state index in [2.05, 4.69) is 5.16 Å². The van der Waals surface area contributed by atoms with E-state index in [0.29, 0.717) is 24.5 Å². The molecule has 1 aromatic carbocycles. The van der Waals surface area contributed by atoms with Crippen molar-refractivity contribution in [1.82, 2.24) is 10.1 Å². The molecule has 2 unspecified atom stereocenters. The van der Waals surface area contributed by atoms with Gasteiger partial charge in [0.05, 0.1) is 0 Å². The van der Waals surface area contributed by atoms with Gasteiger partial charge in [0.1, 0.15) is 5.69 Å². The predicted molar refractivity (Wildman–Crippen MR) is 85.1 cm³/mol. The zero-order valence-electron chi connectivity index (χ0n) is 12.6. The number of benzene rings is 1. The molecule has 0 saturated carbocycles. The molecular formula is C16H18N2O3S. The monoisotopic (exact) mass is 318 g/mol. The van der Waals surface area contributed by atoms with Crippen molar-refractivity contribution in [3.05, 3.63) is 41.7 Å². The van der Waals surface area contributed by atoms with Crippen LogP contribution in [-0.4, -0.2) is 44.3 Å². The molecule has 6 heteroatoms. The van der Waals surface area contributed by atoms with E-state index in [-0.39, 0.29) is 16.9 Å². The van der Waals surface area contributed by atoms with Crippen LogP contribution in [0, 0.1) is 6.92 Å². The van der Waals surface area contributed by atoms with Crippen molar-refractivity contribution in [3.8, 4) is 11.3 Å². The Kier molecular flexibility index (Phi) is 4.11. The minimum Gasteiger partial charge on any atom is -0.350 e. The zero-order valence-corrected chi connectivity index (χ0v) is 13.4. The highest BCUT2D eigenvalue weighted by atomic mass is 32.2. The summed E-state index contributed by atoms with van der Waals surface area (Å²) in [6, 6.07) is 9.56. The van der Waals surface area contributed by atoms with Crippen molar-refractivity contribution in [2.45, 2.75) is 19.1 Å². The minimum absolute atomic E-state index is 0.00260. The van der Waals surface area contributed by atoms with Crippen LogP contribution in [0.2, 0.25) is 0 Å². The lowest BCUT2D eigenvalue weighted by atomic mass is 10.1. The normalized spacial score (nSPS) is 21.8. The summed E-state index contributed by atoms with van der Waals surface area (Å²) >= 11 is 0. The van der Waals surface area contributed by atoms with Crippen molar-refractivity contribution in [1.29, 1.82) is 0 Å². The Morgan fingerprint density at radius 1 is 1.36 bits per heavy atom. The maximum absolute atomic E-state index is 12.4. The van der Waals surface area contributed by atoms with E-state index in [1.165, 1.54) is 5.56 Å². The van der Waals surface area contributed by atoms with E-state index in [0.717, 1.165) is 5.56 Å². The Morgan fingerprint density at radius 3 is 2.77 bits per heavy atom. The molecule has 1 amide bonds. The summed E-state index contributed by atoms with van der Waals surface area (Å²) in [5.74, 6) is 0.566. The van der Waals surface area contributed by atoms with E-state index in [1.807, 2.05) is 38.1 Å². The van der Waals surface area contributed by atoms with Gasteiger partial charge < -0.3 is 9.42 Å². The van der Waals surface area contributed by atoms with Crippen LogP contribution in [0.5, 0.6) is 0 Å². The first-order chi connectivity index (χ1) is 10.5. The number of hydrogen-bond acceptors (Lipinski definition) is 4. The number of rotatable bonds is 2. The van der Waals surface area contributed by atoms with Gasteiger partial charge in [0, 0.05) is 46.5 Å². The van der Waals surface area contributed by atoms with Crippen LogP contribution >= 0.6 is 0 Å². The van der Waals surface area contributed by atoms with Gasteiger partial charge >= 0.3 is 0 Å². The molecule has 0 spiro atoms. The SMILES string of the molecule is Cc1ccc(-c2cc(C(=O)N3CCS(=O)C(C)C3)on2)cc1. The summed E-state index contributed by atoms with van der Waals surface area (Å²) < 4.78 is 16.9. The van der Waals surface area contributed by atoms with Crippen LogP contribution in [0.25, 0.3) is 11.3 Å². The number of amides is 1. The second-order valence-electron chi connectivity index (χ2n) is 5.59. The molecule has 1 aliphatic rings. The maximum atomic E-state index is 12.4. The van der Waals surface area contributed by atoms with Crippen LogP contribution in [0.1, 0.15) is 23.0 Å². The third-order valence-electron chi connectivity index (χ3n) is 3.84. The number of carbonyl (C=O) groups excluding carboxylic acids is 1. The highest BCUT2D eigenvalue weighted by Gasteiger charge is 2.28. The van der Waals surface area contributed by atoms with Crippen LogP contribution in [-0.2, 0) is 10.8 Å². The number of hydrogen-bond donors (Lipinski definition) is 0. The average molecular weight is 318 g/mol. The molecular weight excluding hydrogens is 300 g/mol. The molecule has 0 aliphatic carbocycles. The summed E-state index contributed by atoms with van der Waals surface area (Å²) in [4.78, 5) is 14.1. The van der Waals surface area contributed by atoms with E-state index < -0.39 is 10.8 Å². The topological polar surface area (TPSA) is 63.4 Å². The largest absolute Gasteiger partial charge is 0.350 e. The Morgan fingerprint density at radius 2 is 2.09 bits per heavy atom. The molecule has 1 aliphatic heterocycles. The Bertz CT molecular complexity index is 708. The van der Waals surface area contributed by atoms with Crippen molar-refractivity contribution < 1.29 is 13.5 Å². The molecule has 1 saturated heterocycles. The maximum Gasteiger partial charge on any atom is 0.292 e. The fourth-order valence-electron chi connectivity index (χ4n) is 2.46. The lowest BCUT2D eigenvalue weighted by molar-refractivity contribution is 0.0720. The first kappa shape index (κ1) is 15.0. The van der Waals surface area contributed by atoms with Gasteiger partial charge in [-0.15, -0.1) is 0 Å². The standard InChI is InChI=1S/C16H18N2O3S/c1-11-3-5-13(6-4-11)14-9-15(21-17-14)16(19)18-7-8-22(20)12(2)10-18/h3-6,9,12H,7-8,10H2,1-2H3. The quantitative estimate of drug-likeness (QED) is 0.852. The highest BCUT2D eigenvalue weighted by molar-refractivity contribution is 7.85. The molecule has 0 radical (unpaired) electrons. The number of aryl methyl sites for hydroxylation is 1. The van der Waals surface area contributed by atoms with Gasteiger partial charge in [0.15, 0.2) is 0 Å². The first-order valence-corrected chi connectivity index (χ1v) is 8.63. The van der Waals surface area contributed by atoms with Gasteiger partial charge in [-0.1, -0.05) is 35.0 Å². The van der Waals surface area contributed by atoms with Crippen LogP contribution in [0.4, 0.5) is 0 Å². The first-order valence-electron chi connectivity index (χ1n) is 7.25. The summed E-state index contributed by atoms with van der Waals surface area (Å²) in [7, 11) is -0.845. The second kappa shape index (κ2) is 6.04. The summed E-state index contributed by atoms with van der Waals surface area (Å²) in [5, 5.41) is 3.98. The minimum atomic E-state index is -0.845. The molecule has 5 nitrogen and oxygen atoms in total. The molecule has 1 aromatic heterocycles. The summed E-state index contributed by atoms with van der Waals surface area (Å²) in [6.45, 7) is 4.90. The number of aromatic nitrogens is 1. The lowest BCUT2D eigenvalue weighted by Crippen LogP contribution is -2.45. The molecule has 0 N–H and O–H groups in total. The molecule has 22 heavy (non-hydrogen) atoms. The molecule has 1 fully saturated rings. The van der Waals surface area contributed by atoms with E-state index in [4.69, 9.17) is 4.52 Å². The van der Waals surface area contributed by atoms with E-state index in [9.17, 15) is 9.00 Å². The molecule has 3 rings (SSSR count). The molecule has 2 aromatic rings. The third kappa shape index (κ3) is 2.97. The third-order valence-corrected chi connectivity index (χ3v) is 5.48. The van der Waals surface area contributed by atoms with E-state index in [1.54, 1.807) is 11.0 Å². The molecule has 0 bridgehead atoms. The van der Waals surface area contributed by atoms with E-state index >= 15 is 0 Å². The van der Waals surface area contributed by atoms with Crippen molar-refractivity contribution in [2.75, 3.05) is 18.8 Å². The molecule has 116 valence electrons. The van der Waals surface area contributed by atoms with Crippen molar-refractivity contribution >= 4 is 16.7 Å². The lowest BCUT2D eigenvalue weighted by Gasteiger charge is -2.29. The zero-order chi connectivity index (χ0) is 15.7. The second-order valence-corrected chi connectivity index (χ2v) is 7.56. The Balaban J connectivity index is 1.77. The molecule has 2 heterocycles. The summed E-state index contributed by atoms with van der Waals surface area (Å²) in [6.07, 6.45) is 0. The van der Waals surface area contributed by atoms with Gasteiger partial charge in [0.2, 0.25) is 5.76 Å². The number of nitrogens with zero attached hydrogens (tertiary/aromatic N) is 2. The van der Waals surface area contributed by atoms with Gasteiger partial charge in [-0.3, -0.25) is 9.00 Å². The Labute approximate surface area is 131 Å². The smallest absolute Gasteiger partial charge is 0.292 e. The highest BCUT2D eigenvalue weighted by Crippen LogP contribution is 2.21. The summed E-state index contributed by atoms with van der Waals surface area (Å²) in [5.41, 5.74) is 2.73. The van der Waals surface area contributed by atoms with Gasteiger partial charge in [-0.25, -0.2) is 0 Å². The fraction of sp³-hybridized carbons (Fsp3) is 0.375. The van der Waals surface area contributed by atoms with Crippen LogP contribution < -0.4 is 0 Å². The predicted octanol–water partition coefficient (Wildman–Crippen LogP) is 2.24. The fourth-order valence-corrected chi connectivity index (χ4v) is 3.61. The Hall–Kier alpha value is -1.95. The van der Waals surface area contributed by atoms with Gasteiger partial charge in [-0.2, -0.15) is 0 Å². The van der Waals surface area contributed by atoms with Gasteiger partial charge in [-0.05, 0) is 13.8 Å². The van der Waals surface area contributed by atoms with Crippen LogP contribution in [0.15, 0.2) is 34.9 Å².